The molecule has 2 aromatic heterocycles. The molecule has 1 amide bonds. The first-order valence-electron chi connectivity index (χ1n) is 10.4. The Morgan fingerprint density at radius 2 is 1.91 bits per heavy atom. The molecule has 0 bridgehead atoms. The van der Waals surface area contributed by atoms with Gasteiger partial charge in [-0.15, -0.1) is 0 Å². The van der Waals surface area contributed by atoms with Crippen molar-refractivity contribution in [2.45, 2.75) is 36.9 Å². The molecule has 4 rings (SSSR count). The number of hydrogen-bond donors (Lipinski definition) is 3. The molecule has 34 heavy (non-hydrogen) atoms. The lowest BCUT2D eigenvalue weighted by atomic mass is 9.92. The van der Waals surface area contributed by atoms with E-state index in [1.54, 1.807) is 12.1 Å². The summed E-state index contributed by atoms with van der Waals surface area (Å²) in [6.45, 7) is 1.35. The van der Waals surface area contributed by atoms with Crippen LogP contribution in [0.5, 0.6) is 5.75 Å². The highest BCUT2D eigenvalue weighted by molar-refractivity contribution is 7.90. The molecule has 1 aromatic carbocycles. The van der Waals surface area contributed by atoms with Crippen LogP contribution in [0.2, 0.25) is 0 Å². The van der Waals surface area contributed by atoms with Gasteiger partial charge in [-0.25, -0.2) is 17.8 Å². The summed E-state index contributed by atoms with van der Waals surface area (Å²) in [5.74, 6) is -0.214. The van der Waals surface area contributed by atoms with E-state index in [0.29, 0.717) is 41.2 Å². The van der Waals surface area contributed by atoms with Gasteiger partial charge < -0.3 is 20.5 Å². The summed E-state index contributed by atoms with van der Waals surface area (Å²) in [4.78, 5) is 19.9. The fourth-order valence-electron chi connectivity index (χ4n) is 3.45. The van der Waals surface area contributed by atoms with Crippen molar-refractivity contribution in [2.24, 2.45) is 0 Å². The largest absolute Gasteiger partial charge is 0.490 e. The molecule has 1 saturated carbocycles. The highest BCUT2D eigenvalue weighted by Gasteiger charge is 2.29. The molecule has 0 spiro atoms. The van der Waals surface area contributed by atoms with Gasteiger partial charge in [0.15, 0.2) is 9.84 Å². The number of hydrogen-bond acceptors (Lipinski definition) is 8. The number of anilines is 3. The number of pyridine rings is 2. The Morgan fingerprint density at radius 1 is 1.15 bits per heavy atom. The van der Waals surface area contributed by atoms with Gasteiger partial charge in [-0.05, 0) is 24.3 Å². The van der Waals surface area contributed by atoms with Gasteiger partial charge in [-0.2, -0.15) is 0 Å². The van der Waals surface area contributed by atoms with Crippen molar-refractivity contribution >= 4 is 32.9 Å². The van der Waals surface area contributed by atoms with Crippen LogP contribution in [0.1, 0.15) is 19.8 Å². The van der Waals surface area contributed by atoms with Crippen molar-refractivity contribution in [3.05, 3.63) is 54.6 Å². The maximum absolute atomic E-state index is 13.4. The minimum absolute atomic E-state index is 0.0463. The number of aliphatic hydroxyl groups is 1. The zero-order valence-electron chi connectivity index (χ0n) is 18.4. The third-order valence-corrected chi connectivity index (χ3v) is 6.26. The summed E-state index contributed by atoms with van der Waals surface area (Å²) in [5.41, 5.74) is 1.78. The lowest BCUT2D eigenvalue weighted by Crippen LogP contribution is -2.37. The van der Waals surface area contributed by atoms with Crippen molar-refractivity contribution in [2.75, 3.05) is 16.9 Å². The second-order valence-corrected chi connectivity index (χ2v) is 10.1. The van der Waals surface area contributed by atoms with E-state index in [1.807, 2.05) is 0 Å². The summed E-state index contributed by atoms with van der Waals surface area (Å²) < 4.78 is 43.8. The average molecular weight is 487 g/mol. The van der Waals surface area contributed by atoms with Crippen LogP contribution in [-0.4, -0.2) is 47.9 Å². The van der Waals surface area contributed by atoms with Crippen LogP contribution in [0.3, 0.4) is 0 Å². The number of carbonyl (C=O) groups is 1. The Morgan fingerprint density at radius 3 is 2.53 bits per heavy atom. The molecular weight excluding hydrogens is 463 g/mol. The monoisotopic (exact) mass is 486 g/mol. The molecule has 1 aliphatic rings. The summed E-state index contributed by atoms with van der Waals surface area (Å²) in [6.07, 6.45) is 3.95. The van der Waals surface area contributed by atoms with E-state index >= 15 is 0 Å². The first kappa shape index (κ1) is 23.6. The van der Waals surface area contributed by atoms with Crippen molar-refractivity contribution in [1.82, 2.24) is 9.97 Å². The maximum atomic E-state index is 13.4. The van der Waals surface area contributed by atoms with Gasteiger partial charge in [0.2, 0.25) is 5.91 Å². The van der Waals surface area contributed by atoms with E-state index < -0.39 is 21.8 Å². The fourth-order valence-corrected chi connectivity index (χ4v) is 4.13. The van der Waals surface area contributed by atoms with E-state index in [0.717, 1.165) is 12.5 Å². The Labute approximate surface area is 195 Å². The predicted molar refractivity (Wildman–Crippen MR) is 124 cm³/mol. The molecule has 11 heteroatoms. The van der Waals surface area contributed by atoms with Gasteiger partial charge in [0, 0.05) is 55.6 Å². The van der Waals surface area contributed by atoms with E-state index in [-0.39, 0.29) is 22.7 Å². The number of sulfone groups is 1. The second-order valence-electron chi connectivity index (χ2n) is 8.11. The number of nitrogens with zero attached hydrogens (tertiary/aromatic N) is 2. The van der Waals surface area contributed by atoms with Crippen LogP contribution in [0.4, 0.5) is 21.6 Å². The van der Waals surface area contributed by atoms with Crippen molar-refractivity contribution < 1.29 is 27.4 Å². The Bertz CT molecular complexity index is 1330. The van der Waals surface area contributed by atoms with Crippen LogP contribution >= 0.6 is 0 Å². The number of carbonyl (C=O) groups excluding carboxylic acids is 1. The Kier molecular flexibility index (Phi) is 6.49. The number of aliphatic hydroxyl groups excluding tert-OH is 1. The van der Waals surface area contributed by atoms with Crippen LogP contribution in [0.15, 0.2) is 53.7 Å². The van der Waals surface area contributed by atoms with Gasteiger partial charge in [0.25, 0.3) is 0 Å². The fraction of sp³-hybridized carbons (Fsp3) is 0.261. The van der Waals surface area contributed by atoms with Gasteiger partial charge in [0.05, 0.1) is 28.6 Å². The standard InChI is InChI=1S/C23H23FN4O5S/c1-13(29)27-23-10-22(20(12-26-23)21-4-3-14(24)11-25-21)28-15-5-17(33-18-7-16(30)8-18)9-19(6-15)34(2,31)32/h3-6,9-12,16,18,30H,7-8H2,1-2H3,(H2,26,27,28,29). The topological polar surface area (TPSA) is 131 Å². The normalized spacial score (nSPS) is 17.5. The summed E-state index contributed by atoms with van der Waals surface area (Å²) >= 11 is 0. The summed E-state index contributed by atoms with van der Waals surface area (Å²) in [5, 5.41) is 15.3. The molecule has 3 aromatic rings. The zero-order chi connectivity index (χ0) is 24.5. The SMILES string of the molecule is CC(=O)Nc1cc(Nc2cc(OC3CC(O)C3)cc(S(C)(=O)=O)c2)c(-c2ccc(F)cn2)cn1. The number of amides is 1. The number of benzene rings is 1. The van der Waals surface area contributed by atoms with Gasteiger partial charge >= 0.3 is 0 Å². The second kappa shape index (κ2) is 9.35. The quantitative estimate of drug-likeness (QED) is 0.464. The molecule has 1 fully saturated rings. The molecule has 0 unspecified atom stereocenters. The molecular formula is C23H23FN4O5S. The number of aromatic nitrogens is 2. The minimum atomic E-state index is -3.56. The summed E-state index contributed by atoms with van der Waals surface area (Å²) in [7, 11) is -3.56. The number of nitrogens with one attached hydrogen (secondary N) is 2. The molecule has 0 radical (unpaired) electrons. The van der Waals surface area contributed by atoms with Crippen molar-refractivity contribution in [3.8, 4) is 17.0 Å². The molecule has 1 aliphatic carbocycles. The van der Waals surface area contributed by atoms with E-state index in [9.17, 15) is 22.7 Å². The van der Waals surface area contributed by atoms with Gasteiger partial charge in [0.1, 0.15) is 23.5 Å². The highest BCUT2D eigenvalue weighted by atomic mass is 32.2. The first-order chi connectivity index (χ1) is 16.1. The predicted octanol–water partition coefficient (Wildman–Crippen LogP) is 3.29. The third kappa shape index (κ3) is 5.67. The Balaban J connectivity index is 1.74. The lowest BCUT2D eigenvalue weighted by Gasteiger charge is -2.31. The molecule has 0 atom stereocenters. The van der Waals surface area contributed by atoms with Crippen molar-refractivity contribution in [1.29, 1.82) is 0 Å². The third-order valence-electron chi connectivity index (χ3n) is 5.17. The van der Waals surface area contributed by atoms with E-state index in [1.165, 1.54) is 37.4 Å². The molecule has 0 saturated heterocycles. The number of halogens is 1. The van der Waals surface area contributed by atoms with Crippen LogP contribution in [-0.2, 0) is 14.6 Å². The van der Waals surface area contributed by atoms with Crippen LogP contribution < -0.4 is 15.4 Å². The molecule has 0 aliphatic heterocycles. The summed E-state index contributed by atoms with van der Waals surface area (Å²) in [6, 6.07) is 8.84. The average Bonchev–Trinajstić information content (AvgIpc) is 2.72. The molecule has 2 heterocycles. The smallest absolute Gasteiger partial charge is 0.222 e. The van der Waals surface area contributed by atoms with Gasteiger partial charge in [-0.1, -0.05) is 0 Å². The molecule has 3 N–H and O–H groups in total. The Hall–Kier alpha value is -3.57. The van der Waals surface area contributed by atoms with Crippen LogP contribution in [0, 0.1) is 5.82 Å². The molecule has 178 valence electrons. The lowest BCUT2D eigenvalue weighted by molar-refractivity contribution is -0.114. The van der Waals surface area contributed by atoms with Gasteiger partial charge in [-0.3, -0.25) is 9.78 Å². The maximum Gasteiger partial charge on any atom is 0.222 e. The van der Waals surface area contributed by atoms with Crippen molar-refractivity contribution in [3.63, 3.8) is 0 Å². The highest BCUT2D eigenvalue weighted by Crippen LogP contribution is 2.34. The van der Waals surface area contributed by atoms with Crippen LogP contribution in [0.25, 0.3) is 11.3 Å². The van der Waals surface area contributed by atoms with E-state index in [2.05, 4.69) is 20.6 Å². The minimum Gasteiger partial charge on any atom is -0.490 e. The first-order valence-corrected chi connectivity index (χ1v) is 12.3. The van der Waals surface area contributed by atoms with E-state index in [4.69, 9.17) is 4.74 Å². The number of ether oxygens (including phenoxy) is 1. The number of rotatable bonds is 7. The zero-order valence-corrected chi connectivity index (χ0v) is 19.3. The molecule has 9 nitrogen and oxygen atoms in total.